The average molecular weight is 580 g/mol. The molecule has 5 nitrogen and oxygen atoms in total. The van der Waals surface area contributed by atoms with Gasteiger partial charge in [-0.05, 0) is 87.5 Å². The number of hydrogen-bond acceptors (Lipinski definition) is 4. The first kappa shape index (κ1) is 33.8. The van der Waals surface area contributed by atoms with Crippen LogP contribution in [-0.4, -0.2) is 16.6 Å². The van der Waals surface area contributed by atoms with Crippen molar-refractivity contribution in [3.05, 3.63) is 46.5 Å². The molecule has 42 heavy (non-hydrogen) atoms. The van der Waals surface area contributed by atoms with E-state index >= 15 is 0 Å². The molecule has 2 aromatic rings. The summed E-state index contributed by atoms with van der Waals surface area (Å²) in [4.78, 5) is 11.6. The lowest BCUT2D eigenvalue weighted by Crippen LogP contribution is -2.37. The van der Waals surface area contributed by atoms with E-state index in [1.54, 1.807) is 0 Å². The van der Waals surface area contributed by atoms with E-state index in [4.69, 9.17) is 9.47 Å². The van der Waals surface area contributed by atoms with Gasteiger partial charge in [0.2, 0.25) is 5.91 Å². The minimum atomic E-state index is -0.206. The zero-order valence-electron chi connectivity index (χ0n) is 27.7. The summed E-state index contributed by atoms with van der Waals surface area (Å²) >= 11 is 0. The highest BCUT2D eigenvalue weighted by Gasteiger charge is 2.35. The number of phenolic OH excluding ortho intramolecular Hbond substituents is 1. The molecule has 3 atom stereocenters. The minimum absolute atomic E-state index is 0.151. The maximum absolute atomic E-state index is 11.6. The number of rotatable bonds is 16. The van der Waals surface area contributed by atoms with E-state index < -0.39 is 0 Å². The van der Waals surface area contributed by atoms with E-state index in [9.17, 15) is 9.90 Å². The normalized spacial score (nSPS) is 17.8. The van der Waals surface area contributed by atoms with E-state index in [-0.39, 0.29) is 23.9 Å². The van der Waals surface area contributed by atoms with Gasteiger partial charge in [0.1, 0.15) is 29.5 Å². The van der Waals surface area contributed by atoms with Crippen LogP contribution < -0.4 is 14.8 Å². The number of aromatic hydroxyl groups is 1. The molecule has 5 heteroatoms. The van der Waals surface area contributed by atoms with Crippen molar-refractivity contribution in [2.75, 3.05) is 5.32 Å². The summed E-state index contributed by atoms with van der Waals surface area (Å²) in [5.41, 5.74) is 4.07. The van der Waals surface area contributed by atoms with E-state index in [0.717, 1.165) is 65.0 Å². The topological polar surface area (TPSA) is 67.8 Å². The number of benzene rings is 2. The Balaban J connectivity index is 1.56. The number of amides is 1. The van der Waals surface area contributed by atoms with Gasteiger partial charge in [-0.2, -0.15) is 0 Å². The average Bonchev–Trinajstić information content (AvgIpc) is 2.92. The molecule has 0 spiro atoms. The summed E-state index contributed by atoms with van der Waals surface area (Å²) in [5.74, 6) is 4.03. The van der Waals surface area contributed by atoms with Crippen molar-refractivity contribution in [1.82, 2.24) is 0 Å². The van der Waals surface area contributed by atoms with E-state index in [1.165, 1.54) is 58.3 Å². The third-order valence-electron chi connectivity index (χ3n) is 9.28. The lowest BCUT2D eigenvalue weighted by Gasteiger charge is -2.38. The molecule has 234 valence electrons. The van der Waals surface area contributed by atoms with Crippen LogP contribution in [0.5, 0.6) is 17.2 Å². The fourth-order valence-electron chi connectivity index (χ4n) is 6.34. The van der Waals surface area contributed by atoms with E-state index in [2.05, 4.69) is 39.9 Å². The molecule has 2 N–H and O–H groups in total. The van der Waals surface area contributed by atoms with Gasteiger partial charge >= 0.3 is 0 Å². The van der Waals surface area contributed by atoms with Crippen LogP contribution in [0.1, 0.15) is 128 Å². The van der Waals surface area contributed by atoms with Crippen LogP contribution in [-0.2, 0) is 17.8 Å². The molecular formula is C37H57NO4. The second-order valence-corrected chi connectivity index (χ2v) is 13.8. The zero-order chi connectivity index (χ0) is 30.9. The molecule has 3 unspecified atom stereocenters. The van der Waals surface area contributed by atoms with Gasteiger partial charge in [-0.1, -0.05) is 84.8 Å². The molecule has 0 aromatic heterocycles. The van der Waals surface area contributed by atoms with Gasteiger partial charge in [-0.3, -0.25) is 4.79 Å². The first-order chi connectivity index (χ1) is 19.9. The van der Waals surface area contributed by atoms with Gasteiger partial charge in [0.15, 0.2) is 0 Å². The molecular weight excluding hydrogens is 522 g/mol. The van der Waals surface area contributed by atoms with Gasteiger partial charge in [0.05, 0.1) is 5.69 Å². The third-order valence-corrected chi connectivity index (χ3v) is 9.28. The number of ether oxygens (including phenoxy) is 2. The molecule has 1 aliphatic heterocycles. The van der Waals surface area contributed by atoms with Crippen molar-refractivity contribution in [2.45, 2.75) is 138 Å². The van der Waals surface area contributed by atoms with Crippen LogP contribution in [0.3, 0.4) is 0 Å². The SMILES string of the molecule is CC(=O)Nc1ccccc1OCc1c(O)c(C)c(C)c2c1CCC(C)(CCCC(C)CCCC(C)CCCC(C)C)O2. The number of para-hydroxylation sites is 2. The Morgan fingerprint density at radius 3 is 2.24 bits per heavy atom. The molecule has 0 bridgehead atoms. The highest BCUT2D eigenvalue weighted by molar-refractivity contribution is 5.90. The van der Waals surface area contributed by atoms with Gasteiger partial charge in [0.25, 0.3) is 0 Å². The number of phenols is 1. The minimum Gasteiger partial charge on any atom is -0.507 e. The van der Waals surface area contributed by atoms with Crippen LogP contribution in [0.4, 0.5) is 5.69 Å². The largest absolute Gasteiger partial charge is 0.507 e. The Labute approximate surface area is 255 Å². The smallest absolute Gasteiger partial charge is 0.221 e. The van der Waals surface area contributed by atoms with Crippen molar-refractivity contribution in [3.63, 3.8) is 0 Å². The molecule has 0 saturated heterocycles. The number of hydrogen-bond donors (Lipinski definition) is 2. The van der Waals surface area contributed by atoms with Gasteiger partial charge < -0.3 is 19.9 Å². The van der Waals surface area contributed by atoms with Crippen LogP contribution >= 0.6 is 0 Å². The Bertz CT molecular complexity index is 1170. The van der Waals surface area contributed by atoms with Crippen molar-refractivity contribution >= 4 is 11.6 Å². The molecule has 1 aliphatic rings. The molecule has 0 aliphatic carbocycles. The molecule has 3 rings (SSSR count). The molecule has 0 radical (unpaired) electrons. The maximum Gasteiger partial charge on any atom is 0.221 e. The number of fused-ring (bicyclic) bond motifs is 1. The Morgan fingerprint density at radius 2 is 1.60 bits per heavy atom. The van der Waals surface area contributed by atoms with Gasteiger partial charge in [-0.15, -0.1) is 0 Å². The number of carbonyl (C=O) groups excluding carboxylic acids is 1. The fraction of sp³-hybridized carbons (Fsp3) is 0.649. The highest BCUT2D eigenvalue weighted by Crippen LogP contribution is 2.45. The standard InChI is InChI=1S/C37H57NO4/c1-25(2)14-11-15-26(3)16-12-17-27(4)18-13-22-37(8)23-21-31-32(35(40)28(5)29(6)36(31)42-37)24-41-34-20-10-9-19-33(34)38-30(7)39/h9-10,19-20,25-27,40H,11-18,21-24H2,1-8H3,(H,38,39). The second kappa shape index (κ2) is 15.7. The van der Waals surface area contributed by atoms with Crippen LogP contribution in [0.25, 0.3) is 0 Å². The predicted octanol–water partition coefficient (Wildman–Crippen LogP) is 10.1. The second-order valence-electron chi connectivity index (χ2n) is 13.8. The predicted molar refractivity (Wildman–Crippen MR) is 175 cm³/mol. The first-order valence-electron chi connectivity index (χ1n) is 16.4. The van der Waals surface area contributed by atoms with Crippen LogP contribution in [0, 0.1) is 31.6 Å². The lowest BCUT2D eigenvalue weighted by atomic mass is 9.83. The summed E-state index contributed by atoms with van der Waals surface area (Å²) in [6.45, 7) is 17.4. The highest BCUT2D eigenvalue weighted by atomic mass is 16.5. The summed E-state index contributed by atoms with van der Waals surface area (Å²) in [5, 5.41) is 13.9. The quantitative estimate of drug-likeness (QED) is 0.208. The Kier molecular flexibility index (Phi) is 12.6. The van der Waals surface area contributed by atoms with Crippen LogP contribution in [0.2, 0.25) is 0 Å². The monoisotopic (exact) mass is 579 g/mol. The van der Waals surface area contributed by atoms with Gasteiger partial charge in [0, 0.05) is 18.1 Å². The molecule has 2 aromatic carbocycles. The van der Waals surface area contributed by atoms with Crippen molar-refractivity contribution < 1.29 is 19.4 Å². The van der Waals surface area contributed by atoms with Crippen molar-refractivity contribution in [3.8, 4) is 17.2 Å². The zero-order valence-corrected chi connectivity index (χ0v) is 27.7. The first-order valence-corrected chi connectivity index (χ1v) is 16.4. The van der Waals surface area contributed by atoms with Crippen molar-refractivity contribution in [2.24, 2.45) is 17.8 Å². The summed E-state index contributed by atoms with van der Waals surface area (Å²) in [6.07, 6.45) is 13.3. The summed E-state index contributed by atoms with van der Waals surface area (Å²) < 4.78 is 12.9. The van der Waals surface area contributed by atoms with Gasteiger partial charge in [-0.25, -0.2) is 0 Å². The van der Waals surface area contributed by atoms with Crippen molar-refractivity contribution in [1.29, 1.82) is 0 Å². The Morgan fingerprint density at radius 1 is 0.976 bits per heavy atom. The number of carbonyl (C=O) groups is 1. The molecule has 1 heterocycles. The lowest BCUT2D eigenvalue weighted by molar-refractivity contribution is -0.114. The number of nitrogens with one attached hydrogen (secondary N) is 1. The maximum atomic E-state index is 11.6. The number of anilines is 1. The van der Waals surface area contributed by atoms with E-state index in [0.29, 0.717) is 11.4 Å². The summed E-state index contributed by atoms with van der Waals surface area (Å²) in [6, 6.07) is 7.39. The summed E-state index contributed by atoms with van der Waals surface area (Å²) in [7, 11) is 0. The molecule has 0 saturated carbocycles. The molecule has 1 amide bonds. The molecule has 0 fully saturated rings. The fourth-order valence-corrected chi connectivity index (χ4v) is 6.34. The van der Waals surface area contributed by atoms with Crippen LogP contribution in [0.15, 0.2) is 24.3 Å². The third kappa shape index (κ3) is 9.67. The Hall–Kier alpha value is -2.69. The van der Waals surface area contributed by atoms with E-state index in [1.807, 2.05) is 38.1 Å².